The molecule has 2 rings (SSSR count). The van der Waals surface area contributed by atoms with Crippen molar-refractivity contribution in [3.05, 3.63) is 30.1 Å². The van der Waals surface area contributed by atoms with Gasteiger partial charge >= 0.3 is 0 Å². The minimum atomic E-state index is 0.645. The molecule has 2 heterocycles. The van der Waals surface area contributed by atoms with Gasteiger partial charge in [0.1, 0.15) is 0 Å². The number of aromatic nitrogens is 1. The van der Waals surface area contributed by atoms with Crippen molar-refractivity contribution in [2.75, 3.05) is 13.1 Å². The van der Waals surface area contributed by atoms with Crippen molar-refractivity contribution in [2.45, 2.75) is 18.3 Å². The first-order valence-corrected chi connectivity index (χ1v) is 5.93. The summed E-state index contributed by atoms with van der Waals surface area (Å²) >= 11 is 3.70. The summed E-state index contributed by atoms with van der Waals surface area (Å²) < 4.78 is 0. The largest absolute Gasteiger partial charge is 0.296 e. The van der Waals surface area contributed by atoms with Crippen molar-refractivity contribution < 1.29 is 0 Å². The lowest BCUT2D eigenvalue weighted by Gasteiger charge is -2.13. The van der Waals surface area contributed by atoms with Crippen LogP contribution in [0.15, 0.2) is 24.4 Å². The van der Waals surface area contributed by atoms with Gasteiger partial charge in [-0.3, -0.25) is 9.88 Å². The molecule has 0 bridgehead atoms. The molecule has 76 valence electrons. The van der Waals surface area contributed by atoms with Crippen LogP contribution in [-0.4, -0.2) is 27.8 Å². The van der Waals surface area contributed by atoms with Crippen molar-refractivity contribution in [1.29, 1.82) is 0 Å². The summed E-state index contributed by atoms with van der Waals surface area (Å²) in [6.45, 7) is 5.58. The predicted octanol–water partition coefficient (Wildman–Crippen LogP) is 2.30. The number of hydrogen-bond acceptors (Lipinski definition) is 2. The van der Waals surface area contributed by atoms with Gasteiger partial charge < -0.3 is 0 Å². The lowest BCUT2D eigenvalue weighted by Crippen LogP contribution is -2.20. The van der Waals surface area contributed by atoms with Crippen LogP contribution in [0.4, 0.5) is 0 Å². The zero-order chi connectivity index (χ0) is 9.97. The van der Waals surface area contributed by atoms with Gasteiger partial charge in [0.25, 0.3) is 0 Å². The van der Waals surface area contributed by atoms with E-state index in [0.29, 0.717) is 4.83 Å². The Morgan fingerprint density at radius 1 is 1.50 bits per heavy atom. The van der Waals surface area contributed by atoms with Crippen molar-refractivity contribution >= 4 is 15.9 Å². The molecule has 14 heavy (non-hydrogen) atoms. The molecule has 2 unspecified atom stereocenters. The smallest absolute Gasteiger partial charge is 0.0543 e. The van der Waals surface area contributed by atoms with Gasteiger partial charge in [-0.15, -0.1) is 0 Å². The second kappa shape index (κ2) is 4.41. The third kappa shape index (κ3) is 2.34. The average Bonchev–Trinajstić information content (AvgIpc) is 2.47. The predicted molar refractivity (Wildman–Crippen MR) is 61.4 cm³/mol. The number of halogens is 1. The number of pyridine rings is 1. The molecule has 1 fully saturated rings. The molecule has 1 aliphatic rings. The van der Waals surface area contributed by atoms with E-state index in [2.05, 4.69) is 38.8 Å². The van der Waals surface area contributed by atoms with Gasteiger partial charge in [-0.25, -0.2) is 0 Å². The fraction of sp³-hybridized carbons (Fsp3) is 0.545. The van der Waals surface area contributed by atoms with Gasteiger partial charge in [-0.05, 0) is 18.1 Å². The number of hydrogen-bond donors (Lipinski definition) is 0. The number of nitrogens with zero attached hydrogens (tertiary/aromatic N) is 2. The Hall–Kier alpha value is -0.410. The van der Waals surface area contributed by atoms with Crippen LogP contribution in [0.25, 0.3) is 0 Å². The van der Waals surface area contributed by atoms with Gasteiger partial charge in [0.2, 0.25) is 0 Å². The zero-order valence-corrected chi connectivity index (χ0v) is 9.94. The van der Waals surface area contributed by atoms with E-state index in [0.717, 1.165) is 19.0 Å². The van der Waals surface area contributed by atoms with E-state index in [1.165, 1.54) is 12.2 Å². The Bertz CT molecular complexity index is 279. The van der Waals surface area contributed by atoms with Crippen molar-refractivity contribution in [3.63, 3.8) is 0 Å². The van der Waals surface area contributed by atoms with Crippen LogP contribution < -0.4 is 0 Å². The molecule has 0 spiro atoms. The van der Waals surface area contributed by atoms with Gasteiger partial charge in [-0.2, -0.15) is 0 Å². The Balaban J connectivity index is 1.94. The van der Waals surface area contributed by atoms with Crippen molar-refractivity contribution in [1.82, 2.24) is 9.88 Å². The Labute approximate surface area is 93.5 Å². The molecule has 0 aliphatic carbocycles. The van der Waals surface area contributed by atoms with E-state index in [9.17, 15) is 0 Å². The standard InChI is InChI=1S/C11H15BrN2/c1-9-6-14(8-11(9)12)7-10-4-2-3-5-13-10/h2-5,9,11H,6-8H2,1H3. The van der Waals surface area contributed by atoms with Crippen LogP contribution in [0.1, 0.15) is 12.6 Å². The Morgan fingerprint density at radius 3 is 2.93 bits per heavy atom. The van der Waals surface area contributed by atoms with Crippen LogP contribution in [0.2, 0.25) is 0 Å². The summed E-state index contributed by atoms with van der Waals surface area (Å²) in [7, 11) is 0. The van der Waals surface area contributed by atoms with Crippen LogP contribution in [0.5, 0.6) is 0 Å². The number of alkyl halides is 1. The highest BCUT2D eigenvalue weighted by molar-refractivity contribution is 9.09. The van der Waals surface area contributed by atoms with E-state index >= 15 is 0 Å². The SMILES string of the molecule is CC1CN(Cc2ccccn2)CC1Br. The molecule has 0 amide bonds. The van der Waals surface area contributed by atoms with Gasteiger partial charge in [-0.1, -0.05) is 28.9 Å². The zero-order valence-electron chi connectivity index (χ0n) is 8.36. The third-order valence-corrected chi connectivity index (χ3v) is 3.90. The summed E-state index contributed by atoms with van der Waals surface area (Å²) in [5, 5.41) is 0. The van der Waals surface area contributed by atoms with E-state index in [4.69, 9.17) is 0 Å². The summed E-state index contributed by atoms with van der Waals surface area (Å²) in [6, 6.07) is 6.10. The second-order valence-electron chi connectivity index (χ2n) is 4.01. The molecular weight excluding hydrogens is 240 g/mol. The van der Waals surface area contributed by atoms with Crippen LogP contribution in [0, 0.1) is 5.92 Å². The molecule has 0 saturated carbocycles. The number of likely N-dealkylation sites (tertiary alicyclic amines) is 1. The molecule has 3 heteroatoms. The quantitative estimate of drug-likeness (QED) is 0.754. The lowest BCUT2D eigenvalue weighted by molar-refractivity contribution is 0.317. The van der Waals surface area contributed by atoms with Gasteiger partial charge in [0, 0.05) is 30.7 Å². The van der Waals surface area contributed by atoms with E-state index in [1.54, 1.807) is 0 Å². The molecule has 1 aromatic heterocycles. The van der Waals surface area contributed by atoms with Crippen LogP contribution in [0.3, 0.4) is 0 Å². The fourth-order valence-corrected chi connectivity index (χ4v) is 2.45. The minimum Gasteiger partial charge on any atom is -0.296 e. The van der Waals surface area contributed by atoms with Gasteiger partial charge in [0.15, 0.2) is 0 Å². The maximum Gasteiger partial charge on any atom is 0.0543 e. The molecule has 2 nitrogen and oxygen atoms in total. The maximum atomic E-state index is 4.34. The van der Waals surface area contributed by atoms with Crippen LogP contribution >= 0.6 is 15.9 Å². The highest BCUT2D eigenvalue weighted by atomic mass is 79.9. The fourth-order valence-electron chi connectivity index (χ4n) is 1.87. The summed E-state index contributed by atoms with van der Waals surface area (Å²) in [5.74, 6) is 0.749. The monoisotopic (exact) mass is 254 g/mol. The second-order valence-corrected chi connectivity index (χ2v) is 5.18. The molecule has 0 N–H and O–H groups in total. The van der Waals surface area contributed by atoms with E-state index in [-0.39, 0.29) is 0 Å². The summed E-state index contributed by atoms with van der Waals surface area (Å²) in [6.07, 6.45) is 1.86. The third-order valence-electron chi connectivity index (χ3n) is 2.71. The molecule has 1 saturated heterocycles. The van der Waals surface area contributed by atoms with Crippen molar-refractivity contribution in [3.8, 4) is 0 Å². The highest BCUT2D eigenvalue weighted by Crippen LogP contribution is 2.23. The summed E-state index contributed by atoms with van der Waals surface area (Å²) in [4.78, 5) is 7.43. The summed E-state index contributed by atoms with van der Waals surface area (Å²) in [5.41, 5.74) is 1.17. The first kappa shape index (κ1) is 10.1. The van der Waals surface area contributed by atoms with Gasteiger partial charge in [0.05, 0.1) is 5.69 Å². The van der Waals surface area contributed by atoms with E-state index in [1.807, 2.05) is 18.3 Å². The Kier molecular flexibility index (Phi) is 3.19. The van der Waals surface area contributed by atoms with Crippen LogP contribution in [-0.2, 0) is 6.54 Å². The highest BCUT2D eigenvalue weighted by Gasteiger charge is 2.27. The molecule has 0 aromatic carbocycles. The maximum absolute atomic E-state index is 4.34. The first-order chi connectivity index (χ1) is 6.75. The minimum absolute atomic E-state index is 0.645. The van der Waals surface area contributed by atoms with E-state index < -0.39 is 0 Å². The average molecular weight is 255 g/mol. The molecule has 0 radical (unpaired) electrons. The molecule has 2 atom stereocenters. The molecule has 1 aliphatic heterocycles. The Morgan fingerprint density at radius 2 is 2.36 bits per heavy atom. The van der Waals surface area contributed by atoms with Crippen molar-refractivity contribution in [2.24, 2.45) is 5.92 Å². The number of rotatable bonds is 2. The molecule has 1 aromatic rings. The lowest BCUT2D eigenvalue weighted by atomic mass is 10.2. The molecular formula is C11H15BrN2. The first-order valence-electron chi connectivity index (χ1n) is 5.02. The topological polar surface area (TPSA) is 16.1 Å². The normalized spacial score (nSPS) is 28.1.